The van der Waals surface area contributed by atoms with Crippen molar-refractivity contribution in [2.45, 2.75) is 93.8 Å². The van der Waals surface area contributed by atoms with Gasteiger partial charge in [-0.1, -0.05) is 38.1 Å². The van der Waals surface area contributed by atoms with E-state index in [0.29, 0.717) is 12.8 Å². The lowest BCUT2D eigenvalue weighted by molar-refractivity contribution is -0.140. The number of hydrogen-bond acceptors (Lipinski definition) is 7. The number of alkyl halides is 4. The Hall–Kier alpha value is -3.49. The smallest absolute Gasteiger partial charge is 0.417 e. The van der Waals surface area contributed by atoms with Gasteiger partial charge in [0.1, 0.15) is 29.1 Å². The average molecular weight is 686 g/mol. The Kier molecular flexibility index (Phi) is 9.52. The van der Waals surface area contributed by atoms with Crippen LogP contribution >= 0.6 is 0 Å². The molecule has 6 atom stereocenters. The molecule has 3 fully saturated rings. The molecule has 2 aliphatic carbocycles. The van der Waals surface area contributed by atoms with Gasteiger partial charge in [0.05, 0.1) is 17.7 Å². The van der Waals surface area contributed by atoms with E-state index in [4.69, 9.17) is 4.74 Å². The number of carbonyl (C=O) groups excluding carboxylic acids is 4. The normalized spacial score (nSPS) is 31.7. The summed E-state index contributed by atoms with van der Waals surface area (Å²) in [4.78, 5) is 55.1. The number of nitrogens with zero attached hydrogens (tertiary/aromatic N) is 1. The molecule has 5 rings (SSSR count). The molecule has 2 aliphatic heterocycles. The van der Waals surface area contributed by atoms with E-state index >= 15 is 0 Å². The Morgan fingerprint density at radius 2 is 1.81 bits per heavy atom. The van der Waals surface area contributed by atoms with Gasteiger partial charge in [-0.05, 0) is 62.5 Å². The fraction of sp³-hybridized carbons (Fsp3) is 0.625. The monoisotopic (exact) mass is 685 g/mol. The van der Waals surface area contributed by atoms with Gasteiger partial charge in [-0.15, -0.1) is 0 Å². The molecule has 15 heteroatoms. The maximum absolute atomic E-state index is 13.9. The van der Waals surface area contributed by atoms with Crippen LogP contribution < -0.4 is 10.0 Å². The molecule has 1 aromatic carbocycles. The second kappa shape index (κ2) is 12.8. The summed E-state index contributed by atoms with van der Waals surface area (Å²) in [6.07, 6.45) is -0.254. The van der Waals surface area contributed by atoms with Gasteiger partial charge >= 0.3 is 12.1 Å². The minimum atomic E-state index is -4.83. The van der Waals surface area contributed by atoms with E-state index in [0.717, 1.165) is 24.6 Å². The van der Waals surface area contributed by atoms with Gasteiger partial charge in [0.2, 0.25) is 21.8 Å². The number of halogens is 4. The van der Waals surface area contributed by atoms with Crippen molar-refractivity contribution in [3.8, 4) is 0 Å². The summed E-state index contributed by atoms with van der Waals surface area (Å²) in [5, 5.41) is 2.65. The molecule has 4 aliphatic rings. The Morgan fingerprint density at radius 3 is 2.47 bits per heavy atom. The minimum absolute atomic E-state index is 0.0537. The summed E-state index contributed by atoms with van der Waals surface area (Å²) in [5.74, 6) is -3.95. The lowest BCUT2D eigenvalue weighted by atomic mass is 9.91. The minimum Gasteiger partial charge on any atom is -0.457 e. The van der Waals surface area contributed by atoms with Crippen molar-refractivity contribution >= 4 is 33.7 Å². The molecule has 0 radical (unpaired) electrons. The molecule has 0 aromatic heterocycles. The Bertz CT molecular complexity index is 1560. The van der Waals surface area contributed by atoms with Crippen LogP contribution in [0.1, 0.15) is 81.1 Å². The highest BCUT2D eigenvalue weighted by atomic mass is 32.2. The lowest BCUT2D eigenvalue weighted by Crippen LogP contribution is -2.57. The molecule has 2 saturated carbocycles. The first-order valence-electron chi connectivity index (χ1n) is 15.8. The quantitative estimate of drug-likeness (QED) is 0.262. The second-order valence-electron chi connectivity index (χ2n) is 13.5. The third-order valence-electron chi connectivity index (χ3n) is 9.75. The van der Waals surface area contributed by atoms with Gasteiger partial charge in [0.25, 0.3) is 5.91 Å². The van der Waals surface area contributed by atoms with E-state index in [2.05, 4.69) is 5.32 Å². The van der Waals surface area contributed by atoms with E-state index in [9.17, 15) is 45.2 Å². The zero-order chi connectivity index (χ0) is 34.4. The fourth-order valence-corrected chi connectivity index (χ4v) is 8.12. The fourth-order valence-electron chi connectivity index (χ4n) is 6.69. The summed E-state index contributed by atoms with van der Waals surface area (Å²) in [5.41, 5.74) is -3.60. The van der Waals surface area contributed by atoms with Crippen LogP contribution in [0.2, 0.25) is 0 Å². The van der Waals surface area contributed by atoms with Crippen LogP contribution in [0.4, 0.5) is 17.6 Å². The molecule has 1 saturated heterocycles. The third-order valence-corrected chi connectivity index (χ3v) is 11.9. The van der Waals surface area contributed by atoms with Gasteiger partial charge in [-0.3, -0.25) is 19.1 Å². The first-order valence-corrected chi connectivity index (χ1v) is 17.3. The third kappa shape index (κ3) is 7.19. The number of amides is 3. The molecule has 2 N–H and O–H groups in total. The molecule has 0 unspecified atom stereocenters. The van der Waals surface area contributed by atoms with Crippen molar-refractivity contribution in [3.63, 3.8) is 0 Å². The standard InChI is InChI=1S/C32H39F4N3O7S/c1-19-7-3-4-8-21-16-31(21,29(43)38-47(44,45)30(18-33)11-12-30)37-27(41)25-15-22(17-39(25)26(40)14-20(2)13-19)46-28(42)23-9-5-6-10-24(23)32(34,35)36/h4-6,8-10,19-22,25H,3,7,11-18H2,1-2H3,(H,37,41)(H,38,43)/b8-4-/t19-,20-,21-,22-,25+,31-/m1/s1. The van der Waals surface area contributed by atoms with Crippen molar-refractivity contribution in [1.82, 2.24) is 14.9 Å². The van der Waals surface area contributed by atoms with Crippen LogP contribution in [0.25, 0.3) is 0 Å². The van der Waals surface area contributed by atoms with E-state index < -0.39 is 86.0 Å². The number of rotatable bonds is 6. The van der Waals surface area contributed by atoms with Crippen LogP contribution in [-0.2, 0) is 35.3 Å². The summed E-state index contributed by atoms with van der Waals surface area (Å²) in [6.45, 7) is 2.51. The van der Waals surface area contributed by atoms with E-state index in [-0.39, 0.29) is 50.5 Å². The van der Waals surface area contributed by atoms with Crippen LogP contribution in [0.3, 0.4) is 0 Å². The zero-order valence-corrected chi connectivity index (χ0v) is 27.0. The molecular weight excluding hydrogens is 646 g/mol. The van der Waals surface area contributed by atoms with Crippen LogP contribution in [0, 0.1) is 17.8 Å². The van der Waals surface area contributed by atoms with E-state index in [1.165, 1.54) is 11.0 Å². The van der Waals surface area contributed by atoms with E-state index in [1.807, 2.05) is 24.6 Å². The molecule has 258 valence electrons. The Labute approximate surface area is 270 Å². The summed E-state index contributed by atoms with van der Waals surface area (Å²) < 4.78 is 85.9. The summed E-state index contributed by atoms with van der Waals surface area (Å²) in [7, 11) is -4.40. The predicted molar refractivity (Wildman–Crippen MR) is 161 cm³/mol. The number of carbonyl (C=O) groups is 4. The topological polar surface area (TPSA) is 139 Å². The first-order chi connectivity index (χ1) is 22.0. The predicted octanol–water partition coefficient (Wildman–Crippen LogP) is 4.06. The van der Waals surface area contributed by atoms with Gasteiger partial charge in [0.15, 0.2) is 0 Å². The molecule has 47 heavy (non-hydrogen) atoms. The van der Waals surface area contributed by atoms with Crippen molar-refractivity contribution in [3.05, 3.63) is 47.5 Å². The van der Waals surface area contributed by atoms with Crippen LogP contribution in [0.5, 0.6) is 0 Å². The van der Waals surface area contributed by atoms with E-state index in [1.54, 1.807) is 6.08 Å². The maximum Gasteiger partial charge on any atom is 0.417 e. The SMILES string of the molecule is C[C@@H]1CC/C=C\[C@@H]2C[C@@]2(C(=O)NS(=O)(=O)C2(CF)CC2)NC(=O)[C@@H]2C[C@@H](OC(=O)c3ccccc3C(F)(F)F)CN2C(=O)C[C@H](C)C1. The molecule has 1 aromatic rings. The first kappa shape index (κ1) is 34.8. The Morgan fingerprint density at radius 1 is 1.11 bits per heavy atom. The number of ether oxygens (including phenoxy) is 1. The van der Waals surface area contributed by atoms with Gasteiger partial charge in [-0.2, -0.15) is 13.2 Å². The highest BCUT2D eigenvalue weighted by Crippen LogP contribution is 2.48. The molecule has 3 amide bonds. The van der Waals surface area contributed by atoms with Gasteiger partial charge < -0.3 is 15.0 Å². The largest absolute Gasteiger partial charge is 0.457 e. The van der Waals surface area contributed by atoms with Crippen molar-refractivity contribution in [2.75, 3.05) is 13.2 Å². The van der Waals surface area contributed by atoms with Crippen molar-refractivity contribution in [2.24, 2.45) is 17.8 Å². The Balaban J connectivity index is 1.41. The van der Waals surface area contributed by atoms with Crippen molar-refractivity contribution in [1.29, 1.82) is 0 Å². The van der Waals surface area contributed by atoms with Gasteiger partial charge in [-0.25, -0.2) is 17.6 Å². The molecule has 0 bridgehead atoms. The zero-order valence-electron chi connectivity index (χ0n) is 26.1. The molecule has 0 spiro atoms. The number of nitrogens with one attached hydrogen (secondary N) is 2. The number of sulfonamides is 1. The maximum atomic E-state index is 13.9. The number of fused-ring (bicyclic) bond motifs is 2. The van der Waals surface area contributed by atoms with Gasteiger partial charge in [0, 0.05) is 18.8 Å². The average Bonchev–Trinajstić information content (AvgIpc) is 3.89. The number of esters is 1. The number of allylic oxidation sites excluding steroid dienone is 1. The lowest BCUT2D eigenvalue weighted by Gasteiger charge is -2.28. The number of hydrogen-bond donors (Lipinski definition) is 2. The molecule has 2 heterocycles. The highest BCUT2D eigenvalue weighted by molar-refractivity contribution is 7.91. The van der Waals surface area contributed by atoms with Crippen LogP contribution in [-0.4, -0.2) is 72.7 Å². The number of benzene rings is 1. The van der Waals surface area contributed by atoms with Crippen molar-refractivity contribution < 1.29 is 49.9 Å². The summed E-state index contributed by atoms with van der Waals surface area (Å²) >= 11 is 0. The highest BCUT2D eigenvalue weighted by Gasteiger charge is 2.64. The molecule has 10 nitrogen and oxygen atoms in total. The molecular formula is C32H39F4N3O7S. The second-order valence-corrected chi connectivity index (χ2v) is 15.6. The van der Waals surface area contributed by atoms with Crippen LogP contribution in [0.15, 0.2) is 36.4 Å². The summed E-state index contributed by atoms with van der Waals surface area (Å²) in [6, 6.07) is 2.86.